The van der Waals surface area contributed by atoms with Gasteiger partial charge in [0, 0.05) is 36.4 Å². The number of carboxylic acid groups (broad SMARTS) is 1. The molecule has 2 N–H and O–H groups in total. The van der Waals surface area contributed by atoms with Gasteiger partial charge in [-0.25, -0.2) is 4.79 Å². The molecule has 5 rings (SSSR count). The standard InChI is InChI=1S/C31H31N3O4/c35-31(36)32-26-17-19-34(20-18-26)27-13-11-25(12-14-27)28-15-16-29(37-21-23-7-3-1-4-8-23)33-30(28)38-22-24-9-5-2-6-10-24/h1-16,26,32H,17-22H2,(H,35,36). The average Bonchev–Trinajstić information content (AvgIpc) is 2.96. The van der Waals surface area contributed by atoms with Gasteiger partial charge in [0.15, 0.2) is 0 Å². The van der Waals surface area contributed by atoms with Crippen LogP contribution < -0.4 is 19.7 Å². The van der Waals surface area contributed by atoms with Crippen LogP contribution in [-0.4, -0.2) is 35.3 Å². The van der Waals surface area contributed by atoms with Crippen LogP contribution in [0.2, 0.25) is 0 Å². The Hall–Kier alpha value is -4.52. The number of nitrogens with zero attached hydrogens (tertiary/aromatic N) is 2. The zero-order chi connectivity index (χ0) is 26.2. The van der Waals surface area contributed by atoms with Crippen LogP contribution in [0.1, 0.15) is 24.0 Å². The molecule has 4 aromatic rings. The SMILES string of the molecule is O=C(O)NC1CCN(c2ccc(-c3ccc(OCc4ccccc4)nc3OCc3ccccc3)cc2)CC1. The normalized spacial score (nSPS) is 13.6. The number of ether oxygens (including phenoxy) is 2. The van der Waals surface area contributed by atoms with E-state index in [2.05, 4.69) is 34.5 Å². The molecule has 1 amide bonds. The first-order valence-corrected chi connectivity index (χ1v) is 12.8. The van der Waals surface area contributed by atoms with Gasteiger partial charge >= 0.3 is 6.09 Å². The van der Waals surface area contributed by atoms with Crippen molar-refractivity contribution in [3.05, 3.63) is 108 Å². The fraction of sp³-hybridized carbons (Fsp3) is 0.226. The van der Waals surface area contributed by atoms with Crippen molar-refractivity contribution in [2.75, 3.05) is 18.0 Å². The number of pyridine rings is 1. The summed E-state index contributed by atoms with van der Waals surface area (Å²) in [6, 6.07) is 32.3. The summed E-state index contributed by atoms with van der Waals surface area (Å²) in [5, 5.41) is 11.6. The number of carbonyl (C=O) groups is 1. The number of benzene rings is 3. The molecular formula is C31H31N3O4. The van der Waals surface area contributed by atoms with E-state index in [1.807, 2.05) is 72.8 Å². The van der Waals surface area contributed by atoms with E-state index in [9.17, 15) is 4.79 Å². The summed E-state index contributed by atoms with van der Waals surface area (Å²) >= 11 is 0. The first-order valence-electron chi connectivity index (χ1n) is 12.8. The Balaban J connectivity index is 1.32. The molecule has 0 atom stereocenters. The fourth-order valence-electron chi connectivity index (χ4n) is 4.60. The fourth-order valence-corrected chi connectivity index (χ4v) is 4.60. The highest BCUT2D eigenvalue weighted by Crippen LogP contribution is 2.33. The van der Waals surface area contributed by atoms with Gasteiger partial charge in [0.25, 0.3) is 0 Å². The largest absolute Gasteiger partial charge is 0.473 e. The van der Waals surface area contributed by atoms with Gasteiger partial charge in [-0.2, -0.15) is 4.98 Å². The van der Waals surface area contributed by atoms with Crippen LogP contribution in [0.15, 0.2) is 97.1 Å². The van der Waals surface area contributed by atoms with Crippen molar-refractivity contribution in [3.63, 3.8) is 0 Å². The maximum Gasteiger partial charge on any atom is 0.404 e. The van der Waals surface area contributed by atoms with Gasteiger partial charge in [0.1, 0.15) is 13.2 Å². The molecule has 0 radical (unpaired) electrons. The Morgan fingerprint density at radius 2 is 1.42 bits per heavy atom. The Labute approximate surface area is 222 Å². The minimum atomic E-state index is -0.955. The van der Waals surface area contributed by atoms with Crippen molar-refractivity contribution in [2.24, 2.45) is 0 Å². The lowest BCUT2D eigenvalue weighted by Gasteiger charge is -2.33. The third-order valence-electron chi connectivity index (χ3n) is 6.65. The molecule has 38 heavy (non-hydrogen) atoms. The summed E-state index contributed by atoms with van der Waals surface area (Å²) in [6.45, 7) is 2.45. The van der Waals surface area contributed by atoms with E-state index in [-0.39, 0.29) is 6.04 Å². The van der Waals surface area contributed by atoms with Gasteiger partial charge in [0.05, 0.1) is 0 Å². The first kappa shape index (κ1) is 25.1. The van der Waals surface area contributed by atoms with E-state index in [0.29, 0.717) is 25.0 Å². The second kappa shape index (κ2) is 12.1. The molecular weight excluding hydrogens is 478 g/mol. The molecule has 1 aliphatic rings. The smallest absolute Gasteiger partial charge is 0.404 e. The van der Waals surface area contributed by atoms with Crippen molar-refractivity contribution >= 4 is 11.8 Å². The van der Waals surface area contributed by atoms with Gasteiger partial charge < -0.3 is 24.8 Å². The lowest BCUT2D eigenvalue weighted by Crippen LogP contribution is -2.44. The van der Waals surface area contributed by atoms with Gasteiger partial charge in [-0.1, -0.05) is 72.8 Å². The van der Waals surface area contributed by atoms with Crippen molar-refractivity contribution in [1.82, 2.24) is 10.3 Å². The minimum absolute atomic E-state index is 0.0149. The number of rotatable bonds is 9. The summed E-state index contributed by atoms with van der Waals surface area (Å²) in [5.41, 5.74) is 5.14. The van der Waals surface area contributed by atoms with Gasteiger partial charge in [-0.3, -0.25) is 0 Å². The predicted octanol–water partition coefficient (Wildman–Crippen LogP) is 6.14. The Morgan fingerprint density at radius 1 is 0.816 bits per heavy atom. The van der Waals surface area contributed by atoms with Crippen molar-refractivity contribution in [1.29, 1.82) is 0 Å². The Morgan fingerprint density at radius 3 is 2.03 bits per heavy atom. The maximum absolute atomic E-state index is 10.9. The van der Waals surface area contributed by atoms with Crippen LogP contribution in [-0.2, 0) is 13.2 Å². The molecule has 1 fully saturated rings. The maximum atomic E-state index is 10.9. The zero-order valence-corrected chi connectivity index (χ0v) is 21.1. The van der Waals surface area contributed by atoms with E-state index in [1.165, 1.54) is 0 Å². The quantitative estimate of drug-likeness (QED) is 0.282. The van der Waals surface area contributed by atoms with Crippen LogP contribution in [0.25, 0.3) is 11.1 Å². The molecule has 1 aliphatic heterocycles. The average molecular weight is 510 g/mol. The molecule has 0 spiro atoms. The summed E-state index contributed by atoms with van der Waals surface area (Å²) in [5.74, 6) is 1.03. The highest BCUT2D eigenvalue weighted by molar-refractivity contribution is 5.71. The summed E-state index contributed by atoms with van der Waals surface area (Å²) in [4.78, 5) is 17.9. The van der Waals surface area contributed by atoms with Crippen LogP contribution in [0, 0.1) is 0 Å². The molecule has 0 saturated carbocycles. The molecule has 194 valence electrons. The van der Waals surface area contributed by atoms with Crippen LogP contribution >= 0.6 is 0 Å². The number of hydrogen-bond acceptors (Lipinski definition) is 5. The second-order valence-corrected chi connectivity index (χ2v) is 9.31. The van der Waals surface area contributed by atoms with Gasteiger partial charge in [0.2, 0.25) is 11.8 Å². The molecule has 7 nitrogen and oxygen atoms in total. The molecule has 0 bridgehead atoms. The van der Waals surface area contributed by atoms with Crippen molar-refractivity contribution < 1.29 is 19.4 Å². The number of aromatic nitrogens is 1. The summed E-state index contributed by atoms with van der Waals surface area (Å²) in [6.07, 6.45) is 0.628. The number of hydrogen-bond donors (Lipinski definition) is 2. The van der Waals surface area contributed by atoms with Crippen molar-refractivity contribution in [3.8, 4) is 22.9 Å². The molecule has 7 heteroatoms. The first-order chi connectivity index (χ1) is 18.6. The number of nitrogens with one attached hydrogen (secondary N) is 1. The molecule has 0 aliphatic carbocycles. The van der Waals surface area contributed by atoms with E-state index < -0.39 is 6.09 Å². The zero-order valence-electron chi connectivity index (χ0n) is 21.1. The third-order valence-corrected chi connectivity index (χ3v) is 6.65. The predicted molar refractivity (Wildman–Crippen MR) is 148 cm³/mol. The summed E-state index contributed by atoms with van der Waals surface area (Å²) < 4.78 is 12.2. The molecule has 2 heterocycles. The topological polar surface area (TPSA) is 83.9 Å². The number of piperidine rings is 1. The number of anilines is 1. The van der Waals surface area contributed by atoms with Gasteiger partial charge in [-0.05, 0) is 47.7 Å². The second-order valence-electron chi connectivity index (χ2n) is 9.31. The minimum Gasteiger partial charge on any atom is -0.473 e. The molecule has 0 unspecified atom stereocenters. The Bertz CT molecular complexity index is 1320. The van der Waals surface area contributed by atoms with Crippen molar-refractivity contribution in [2.45, 2.75) is 32.1 Å². The van der Waals surface area contributed by atoms with E-state index in [1.54, 1.807) is 0 Å². The van der Waals surface area contributed by atoms with E-state index >= 15 is 0 Å². The van der Waals surface area contributed by atoms with E-state index in [0.717, 1.165) is 53.9 Å². The molecule has 1 aromatic heterocycles. The molecule has 3 aromatic carbocycles. The lowest BCUT2D eigenvalue weighted by molar-refractivity contribution is 0.187. The highest BCUT2D eigenvalue weighted by atomic mass is 16.5. The van der Waals surface area contributed by atoms with Crippen LogP contribution in [0.3, 0.4) is 0 Å². The van der Waals surface area contributed by atoms with E-state index in [4.69, 9.17) is 19.6 Å². The monoisotopic (exact) mass is 509 g/mol. The van der Waals surface area contributed by atoms with Gasteiger partial charge in [-0.15, -0.1) is 0 Å². The Kier molecular flexibility index (Phi) is 8.04. The van der Waals surface area contributed by atoms with Crippen LogP contribution in [0.5, 0.6) is 11.8 Å². The lowest BCUT2D eigenvalue weighted by atomic mass is 10.0. The number of amides is 1. The molecule has 1 saturated heterocycles. The summed E-state index contributed by atoms with van der Waals surface area (Å²) in [7, 11) is 0. The van der Waals surface area contributed by atoms with Crippen LogP contribution in [0.4, 0.5) is 10.5 Å². The third kappa shape index (κ3) is 6.62. The highest BCUT2D eigenvalue weighted by Gasteiger charge is 2.21.